The number of ether oxygens (including phenoxy) is 1. The van der Waals surface area contributed by atoms with Crippen LogP contribution in [0.2, 0.25) is 0 Å². The molecular formula is C16H19NO2. The van der Waals surface area contributed by atoms with Crippen molar-refractivity contribution in [1.29, 1.82) is 0 Å². The Balaban J connectivity index is 2.07. The number of hydrogen-bond acceptors (Lipinski definition) is 3. The molecule has 0 saturated carbocycles. The summed E-state index contributed by atoms with van der Waals surface area (Å²) in [5.74, 6) is 1.23. The monoisotopic (exact) mass is 257 g/mol. The summed E-state index contributed by atoms with van der Waals surface area (Å²) in [5.41, 5.74) is 2.97. The molecule has 0 radical (unpaired) electrons. The Morgan fingerprint density at radius 3 is 2.68 bits per heavy atom. The van der Waals surface area contributed by atoms with Gasteiger partial charge in [0.25, 0.3) is 0 Å². The van der Waals surface area contributed by atoms with E-state index in [1.165, 1.54) is 0 Å². The summed E-state index contributed by atoms with van der Waals surface area (Å²) in [6, 6.07) is 13.5. The third kappa shape index (κ3) is 3.41. The molecule has 0 aliphatic rings. The number of rotatable bonds is 5. The van der Waals surface area contributed by atoms with Crippen LogP contribution in [0, 0.1) is 6.92 Å². The summed E-state index contributed by atoms with van der Waals surface area (Å²) in [5, 5.41) is 12.8. The van der Waals surface area contributed by atoms with Gasteiger partial charge in [0.15, 0.2) is 0 Å². The molecule has 0 amide bonds. The molecule has 0 fully saturated rings. The van der Waals surface area contributed by atoms with E-state index in [9.17, 15) is 5.11 Å². The molecule has 0 aliphatic carbocycles. The number of para-hydroxylation sites is 1. The normalized spacial score (nSPS) is 10.2. The molecule has 0 aromatic heterocycles. The Hall–Kier alpha value is -2.16. The van der Waals surface area contributed by atoms with Crippen LogP contribution in [0.4, 0.5) is 5.69 Å². The fourth-order valence-corrected chi connectivity index (χ4v) is 1.91. The minimum Gasteiger partial charge on any atom is -0.508 e. The highest BCUT2D eigenvalue weighted by Crippen LogP contribution is 2.22. The van der Waals surface area contributed by atoms with Crippen LogP contribution >= 0.6 is 0 Å². The average molecular weight is 257 g/mol. The van der Waals surface area contributed by atoms with Gasteiger partial charge in [0, 0.05) is 17.8 Å². The number of nitrogens with one attached hydrogen (secondary N) is 1. The van der Waals surface area contributed by atoms with Crippen LogP contribution in [0.5, 0.6) is 11.5 Å². The third-order valence-electron chi connectivity index (χ3n) is 2.95. The van der Waals surface area contributed by atoms with Crippen LogP contribution in [-0.4, -0.2) is 11.7 Å². The Labute approximate surface area is 113 Å². The number of phenols is 1. The molecule has 0 heterocycles. The molecule has 3 heteroatoms. The highest BCUT2D eigenvalue weighted by molar-refractivity contribution is 5.51. The predicted octanol–water partition coefficient (Wildman–Crippen LogP) is 3.71. The molecule has 0 atom stereocenters. The standard InChI is InChI=1S/C16H19NO2/c1-3-19-16-7-5-4-6-13(16)11-17-14-8-9-15(18)12(2)10-14/h4-10,17-18H,3,11H2,1-2H3. The van der Waals surface area contributed by atoms with Crippen LogP contribution in [0.3, 0.4) is 0 Å². The van der Waals surface area contributed by atoms with Gasteiger partial charge in [0.05, 0.1) is 6.61 Å². The second-order valence-corrected chi connectivity index (χ2v) is 4.40. The van der Waals surface area contributed by atoms with Crippen molar-refractivity contribution in [2.75, 3.05) is 11.9 Å². The van der Waals surface area contributed by atoms with E-state index in [2.05, 4.69) is 5.32 Å². The van der Waals surface area contributed by atoms with Crippen molar-refractivity contribution in [2.45, 2.75) is 20.4 Å². The summed E-state index contributed by atoms with van der Waals surface area (Å²) >= 11 is 0. The third-order valence-corrected chi connectivity index (χ3v) is 2.95. The lowest BCUT2D eigenvalue weighted by Crippen LogP contribution is -2.03. The SMILES string of the molecule is CCOc1ccccc1CNc1ccc(O)c(C)c1. The van der Waals surface area contributed by atoms with Gasteiger partial charge in [-0.3, -0.25) is 0 Å². The molecule has 19 heavy (non-hydrogen) atoms. The van der Waals surface area contributed by atoms with Gasteiger partial charge in [-0.2, -0.15) is 0 Å². The van der Waals surface area contributed by atoms with Crippen LogP contribution in [-0.2, 0) is 6.54 Å². The Kier molecular flexibility index (Phi) is 4.29. The highest BCUT2D eigenvalue weighted by atomic mass is 16.5. The average Bonchev–Trinajstić information content (AvgIpc) is 2.42. The van der Waals surface area contributed by atoms with E-state index in [1.807, 2.05) is 50.2 Å². The molecule has 2 aromatic carbocycles. The summed E-state index contributed by atoms with van der Waals surface area (Å²) in [6.45, 7) is 5.22. The van der Waals surface area contributed by atoms with E-state index >= 15 is 0 Å². The first-order chi connectivity index (χ1) is 9.20. The Bertz CT molecular complexity index is 552. The first-order valence-electron chi connectivity index (χ1n) is 6.45. The zero-order chi connectivity index (χ0) is 13.7. The number of phenolic OH excluding ortho intramolecular Hbond substituents is 1. The van der Waals surface area contributed by atoms with Gasteiger partial charge < -0.3 is 15.2 Å². The Morgan fingerprint density at radius 2 is 1.95 bits per heavy atom. The molecule has 3 nitrogen and oxygen atoms in total. The van der Waals surface area contributed by atoms with Crippen molar-refractivity contribution in [3.8, 4) is 11.5 Å². The maximum absolute atomic E-state index is 9.50. The lowest BCUT2D eigenvalue weighted by atomic mass is 10.1. The highest BCUT2D eigenvalue weighted by Gasteiger charge is 2.03. The van der Waals surface area contributed by atoms with Crippen molar-refractivity contribution in [3.63, 3.8) is 0 Å². The van der Waals surface area contributed by atoms with Gasteiger partial charge in [0.1, 0.15) is 11.5 Å². The van der Waals surface area contributed by atoms with Crippen molar-refractivity contribution >= 4 is 5.69 Å². The van der Waals surface area contributed by atoms with Gasteiger partial charge in [-0.05, 0) is 43.7 Å². The molecule has 2 N–H and O–H groups in total. The van der Waals surface area contributed by atoms with E-state index in [-0.39, 0.29) is 0 Å². The second-order valence-electron chi connectivity index (χ2n) is 4.40. The van der Waals surface area contributed by atoms with Crippen molar-refractivity contribution < 1.29 is 9.84 Å². The van der Waals surface area contributed by atoms with Gasteiger partial charge in [-0.25, -0.2) is 0 Å². The van der Waals surface area contributed by atoms with E-state index in [0.717, 1.165) is 22.6 Å². The van der Waals surface area contributed by atoms with Crippen molar-refractivity contribution in [3.05, 3.63) is 53.6 Å². The van der Waals surface area contributed by atoms with Crippen molar-refractivity contribution in [1.82, 2.24) is 0 Å². The largest absolute Gasteiger partial charge is 0.508 e. The zero-order valence-electron chi connectivity index (χ0n) is 11.3. The lowest BCUT2D eigenvalue weighted by Gasteiger charge is -2.12. The molecule has 0 unspecified atom stereocenters. The molecule has 0 bridgehead atoms. The molecule has 0 saturated heterocycles. The van der Waals surface area contributed by atoms with Gasteiger partial charge in [-0.1, -0.05) is 18.2 Å². The molecule has 2 aromatic rings. The number of aromatic hydroxyl groups is 1. The first kappa shape index (κ1) is 13.3. The minimum atomic E-state index is 0.320. The van der Waals surface area contributed by atoms with Crippen LogP contribution in [0.15, 0.2) is 42.5 Å². The second kappa shape index (κ2) is 6.14. The summed E-state index contributed by atoms with van der Waals surface area (Å²) < 4.78 is 5.59. The number of aryl methyl sites for hydroxylation is 1. The Morgan fingerprint density at radius 1 is 1.16 bits per heavy atom. The number of benzene rings is 2. The number of hydrogen-bond donors (Lipinski definition) is 2. The van der Waals surface area contributed by atoms with E-state index in [1.54, 1.807) is 6.07 Å². The maximum Gasteiger partial charge on any atom is 0.124 e. The topological polar surface area (TPSA) is 41.5 Å². The van der Waals surface area contributed by atoms with Crippen LogP contribution < -0.4 is 10.1 Å². The lowest BCUT2D eigenvalue weighted by molar-refractivity contribution is 0.337. The smallest absolute Gasteiger partial charge is 0.124 e. The van der Waals surface area contributed by atoms with E-state index in [0.29, 0.717) is 18.9 Å². The number of anilines is 1. The maximum atomic E-state index is 9.50. The zero-order valence-corrected chi connectivity index (χ0v) is 11.3. The fourth-order valence-electron chi connectivity index (χ4n) is 1.91. The molecule has 0 spiro atoms. The predicted molar refractivity (Wildman–Crippen MR) is 77.8 cm³/mol. The van der Waals surface area contributed by atoms with Crippen molar-refractivity contribution in [2.24, 2.45) is 0 Å². The summed E-state index contributed by atoms with van der Waals surface area (Å²) in [7, 11) is 0. The fraction of sp³-hybridized carbons (Fsp3) is 0.250. The molecule has 100 valence electrons. The molecule has 2 rings (SSSR count). The van der Waals surface area contributed by atoms with Gasteiger partial charge in [-0.15, -0.1) is 0 Å². The molecular weight excluding hydrogens is 238 g/mol. The van der Waals surface area contributed by atoms with Gasteiger partial charge >= 0.3 is 0 Å². The summed E-state index contributed by atoms with van der Waals surface area (Å²) in [6.07, 6.45) is 0. The molecule has 0 aliphatic heterocycles. The van der Waals surface area contributed by atoms with E-state index in [4.69, 9.17) is 4.74 Å². The van der Waals surface area contributed by atoms with Crippen LogP contribution in [0.25, 0.3) is 0 Å². The van der Waals surface area contributed by atoms with Gasteiger partial charge in [0.2, 0.25) is 0 Å². The summed E-state index contributed by atoms with van der Waals surface area (Å²) in [4.78, 5) is 0. The first-order valence-corrected chi connectivity index (χ1v) is 6.45. The van der Waals surface area contributed by atoms with Crippen LogP contribution in [0.1, 0.15) is 18.1 Å². The minimum absolute atomic E-state index is 0.320. The van der Waals surface area contributed by atoms with E-state index < -0.39 is 0 Å². The quantitative estimate of drug-likeness (QED) is 0.802.